The molecule has 2 rings (SSSR count). The molecule has 2 fully saturated rings. The van der Waals surface area contributed by atoms with Crippen molar-refractivity contribution in [2.75, 3.05) is 11.5 Å². The Kier molecular flexibility index (Phi) is 4.84. The van der Waals surface area contributed by atoms with Gasteiger partial charge < -0.3 is 9.53 Å². The summed E-state index contributed by atoms with van der Waals surface area (Å²) in [5.41, 5.74) is 0. The van der Waals surface area contributed by atoms with E-state index in [1.54, 1.807) is 0 Å². The van der Waals surface area contributed by atoms with Gasteiger partial charge in [0.15, 0.2) is 0 Å². The Bertz CT molecular complexity index is 262. The van der Waals surface area contributed by atoms with Gasteiger partial charge in [0.05, 0.1) is 16.3 Å². The van der Waals surface area contributed by atoms with E-state index in [0.717, 1.165) is 19.1 Å². The van der Waals surface area contributed by atoms with Crippen LogP contribution in [0.5, 0.6) is 0 Å². The van der Waals surface area contributed by atoms with E-state index in [1.807, 2.05) is 0 Å². The quantitative estimate of drug-likeness (QED) is 0.737. The lowest BCUT2D eigenvalue weighted by molar-refractivity contribution is -0.116. The number of ether oxygens (including phenoxy) is 1. The highest BCUT2D eigenvalue weighted by Crippen LogP contribution is 2.52. The lowest BCUT2D eigenvalue weighted by Gasteiger charge is -2.46. The van der Waals surface area contributed by atoms with Gasteiger partial charge in [-0.2, -0.15) is 0 Å². The van der Waals surface area contributed by atoms with Crippen LogP contribution < -0.4 is 0 Å². The number of carbonyl (C=O) groups excluding carboxylic acids is 1. The molecular weight excluding hydrogens is 252 g/mol. The monoisotopic (exact) mass is 274 g/mol. The first-order valence-corrected chi connectivity index (χ1v) is 8.49. The molecule has 0 aromatic heterocycles. The number of hydrogen-bond acceptors (Lipinski definition) is 4. The number of carbonyl (C=O) groups is 1. The van der Waals surface area contributed by atoms with Crippen LogP contribution in [0.3, 0.4) is 0 Å². The fraction of sp³-hybridized carbons (Fsp3) is 0.923. The molecule has 0 N–H and O–H groups in total. The molecule has 1 spiro atoms. The van der Waals surface area contributed by atoms with Crippen molar-refractivity contribution in [2.45, 2.75) is 55.8 Å². The highest BCUT2D eigenvalue weighted by atomic mass is 32.2. The van der Waals surface area contributed by atoms with Gasteiger partial charge in [0.1, 0.15) is 6.29 Å². The SMILES string of the molecule is CC(C)[C@@H]1CC2(C[C@H](CC=O)O1)SCCCS2. The van der Waals surface area contributed by atoms with E-state index >= 15 is 0 Å². The van der Waals surface area contributed by atoms with Crippen LogP contribution in [-0.4, -0.2) is 34.1 Å². The summed E-state index contributed by atoms with van der Waals surface area (Å²) < 4.78 is 6.39. The molecule has 0 aliphatic carbocycles. The van der Waals surface area contributed by atoms with Crippen LogP contribution >= 0.6 is 23.5 Å². The summed E-state index contributed by atoms with van der Waals surface area (Å²) in [5, 5.41) is 0. The smallest absolute Gasteiger partial charge is 0.122 e. The van der Waals surface area contributed by atoms with Crippen LogP contribution in [0.2, 0.25) is 0 Å². The van der Waals surface area contributed by atoms with Gasteiger partial charge in [-0.3, -0.25) is 0 Å². The van der Waals surface area contributed by atoms with Gasteiger partial charge in [-0.1, -0.05) is 13.8 Å². The third-order valence-electron chi connectivity index (χ3n) is 3.54. The van der Waals surface area contributed by atoms with Crippen LogP contribution in [0.25, 0.3) is 0 Å². The average Bonchev–Trinajstić information content (AvgIpc) is 2.29. The van der Waals surface area contributed by atoms with E-state index < -0.39 is 0 Å². The predicted molar refractivity (Wildman–Crippen MR) is 75.7 cm³/mol. The Balaban J connectivity index is 2.07. The Morgan fingerprint density at radius 1 is 1.35 bits per heavy atom. The summed E-state index contributed by atoms with van der Waals surface area (Å²) in [6.45, 7) is 4.44. The van der Waals surface area contributed by atoms with Crippen LogP contribution in [-0.2, 0) is 9.53 Å². The number of thioether (sulfide) groups is 2. The van der Waals surface area contributed by atoms with Crippen LogP contribution in [0.4, 0.5) is 0 Å². The minimum atomic E-state index is 0.145. The maximum atomic E-state index is 10.7. The standard InChI is InChI=1S/C13H22O2S2/c1-10(2)12-9-13(16-6-3-7-17-13)8-11(15-12)4-5-14/h5,10-12H,3-4,6-9H2,1-2H3/t11-,12-/m0/s1. The van der Waals surface area contributed by atoms with E-state index in [-0.39, 0.29) is 6.10 Å². The lowest BCUT2D eigenvalue weighted by atomic mass is 9.94. The molecule has 0 radical (unpaired) electrons. The summed E-state index contributed by atoms with van der Waals surface area (Å²) in [5.74, 6) is 3.08. The Hall–Kier alpha value is 0.330. The summed E-state index contributed by atoms with van der Waals surface area (Å²) >= 11 is 4.21. The fourth-order valence-corrected chi connectivity index (χ4v) is 6.08. The maximum Gasteiger partial charge on any atom is 0.122 e. The molecule has 4 heteroatoms. The fourth-order valence-electron chi connectivity index (χ4n) is 2.57. The van der Waals surface area contributed by atoms with Crippen molar-refractivity contribution >= 4 is 29.8 Å². The second kappa shape index (κ2) is 5.98. The van der Waals surface area contributed by atoms with Crippen LogP contribution in [0.15, 0.2) is 0 Å². The van der Waals surface area contributed by atoms with Gasteiger partial charge in [0.2, 0.25) is 0 Å². The van der Waals surface area contributed by atoms with E-state index in [2.05, 4.69) is 37.4 Å². The topological polar surface area (TPSA) is 26.3 Å². The third-order valence-corrected chi connectivity index (χ3v) is 6.95. The lowest BCUT2D eigenvalue weighted by Crippen LogP contribution is -2.44. The van der Waals surface area contributed by atoms with Gasteiger partial charge in [0, 0.05) is 6.42 Å². The predicted octanol–water partition coefficient (Wildman–Crippen LogP) is 3.35. The molecule has 2 saturated heterocycles. The molecule has 17 heavy (non-hydrogen) atoms. The van der Waals surface area contributed by atoms with E-state index in [9.17, 15) is 4.79 Å². The van der Waals surface area contributed by atoms with Crippen molar-refractivity contribution < 1.29 is 9.53 Å². The van der Waals surface area contributed by atoms with Crippen LogP contribution in [0.1, 0.15) is 39.5 Å². The zero-order chi connectivity index (χ0) is 12.3. The summed E-state index contributed by atoms with van der Waals surface area (Å²) in [6, 6.07) is 0. The second-order valence-electron chi connectivity index (χ2n) is 5.31. The highest BCUT2D eigenvalue weighted by Gasteiger charge is 2.43. The van der Waals surface area contributed by atoms with Crippen molar-refractivity contribution in [3.05, 3.63) is 0 Å². The Morgan fingerprint density at radius 2 is 2.06 bits per heavy atom. The molecule has 0 amide bonds. The molecule has 0 unspecified atom stereocenters. The van der Waals surface area contributed by atoms with E-state index in [4.69, 9.17) is 4.74 Å². The van der Waals surface area contributed by atoms with Crippen molar-refractivity contribution in [3.8, 4) is 0 Å². The minimum Gasteiger partial charge on any atom is -0.374 e. The normalized spacial score (nSPS) is 32.9. The zero-order valence-corrected chi connectivity index (χ0v) is 12.3. The number of hydrogen-bond donors (Lipinski definition) is 0. The van der Waals surface area contributed by atoms with Crippen molar-refractivity contribution in [1.29, 1.82) is 0 Å². The highest BCUT2D eigenvalue weighted by molar-refractivity contribution is 8.18. The summed E-state index contributed by atoms with van der Waals surface area (Å²) in [4.78, 5) is 10.7. The third kappa shape index (κ3) is 3.42. The molecule has 2 heterocycles. The zero-order valence-electron chi connectivity index (χ0n) is 10.7. The summed E-state index contributed by atoms with van der Waals surface area (Å²) in [7, 11) is 0. The maximum absolute atomic E-state index is 10.7. The van der Waals surface area contributed by atoms with Gasteiger partial charge in [-0.25, -0.2) is 0 Å². The van der Waals surface area contributed by atoms with Gasteiger partial charge in [-0.15, -0.1) is 23.5 Å². The molecule has 2 atom stereocenters. The Labute approximate surface area is 113 Å². The first-order chi connectivity index (χ1) is 8.15. The van der Waals surface area contributed by atoms with Crippen LogP contribution in [0, 0.1) is 5.92 Å². The Morgan fingerprint density at radius 3 is 2.65 bits per heavy atom. The molecule has 0 saturated carbocycles. The molecule has 2 aliphatic heterocycles. The number of rotatable bonds is 3. The number of aldehydes is 1. The first-order valence-electron chi connectivity index (χ1n) is 6.52. The largest absolute Gasteiger partial charge is 0.374 e. The molecule has 2 nitrogen and oxygen atoms in total. The van der Waals surface area contributed by atoms with Gasteiger partial charge in [-0.05, 0) is 36.7 Å². The molecular formula is C13H22O2S2. The van der Waals surface area contributed by atoms with Crippen molar-refractivity contribution in [3.63, 3.8) is 0 Å². The summed E-state index contributed by atoms with van der Waals surface area (Å²) in [6.07, 6.45) is 5.56. The van der Waals surface area contributed by atoms with Crippen molar-refractivity contribution in [1.82, 2.24) is 0 Å². The van der Waals surface area contributed by atoms with E-state index in [0.29, 0.717) is 22.5 Å². The van der Waals surface area contributed by atoms with Crippen molar-refractivity contribution in [2.24, 2.45) is 5.92 Å². The van der Waals surface area contributed by atoms with Gasteiger partial charge >= 0.3 is 0 Å². The van der Waals surface area contributed by atoms with Gasteiger partial charge in [0.25, 0.3) is 0 Å². The average molecular weight is 274 g/mol. The minimum absolute atomic E-state index is 0.145. The molecule has 0 aromatic carbocycles. The van der Waals surface area contributed by atoms with E-state index in [1.165, 1.54) is 17.9 Å². The molecule has 2 aliphatic rings. The second-order valence-corrected chi connectivity index (χ2v) is 8.53. The molecule has 0 aromatic rings. The first kappa shape index (κ1) is 13.8. The molecule has 98 valence electrons. The molecule has 0 bridgehead atoms.